The molecule has 0 amide bonds. The number of ether oxygens (including phenoxy) is 1. The number of sulfonamides is 1. The van der Waals surface area contributed by atoms with E-state index in [4.69, 9.17) is 4.74 Å². The molecule has 0 bridgehead atoms. The molecule has 7 nitrogen and oxygen atoms in total. The molecule has 1 saturated heterocycles. The summed E-state index contributed by atoms with van der Waals surface area (Å²) in [6.07, 6.45) is 5.62. The molecule has 1 fully saturated rings. The topological polar surface area (TPSA) is 92.8 Å². The number of rotatable bonds is 7. The molecule has 2 heterocycles. The van der Waals surface area contributed by atoms with Gasteiger partial charge in [-0.25, -0.2) is 8.42 Å². The zero-order valence-corrected chi connectivity index (χ0v) is 20.6. The van der Waals surface area contributed by atoms with Crippen LogP contribution in [-0.2, 0) is 33.0 Å². The number of nitrogens with zero attached hydrogens (tertiary/aromatic N) is 1. The van der Waals surface area contributed by atoms with Crippen LogP contribution in [0.1, 0.15) is 40.7 Å². The predicted octanol–water partition coefficient (Wildman–Crippen LogP) is 2.98. The summed E-state index contributed by atoms with van der Waals surface area (Å²) in [5, 5.41) is 0. The van der Waals surface area contributed by atoms with Crippen molar-refractivity contribution in [1.29, 1.82) is 0 Å². The first kappa shape index (κ1) is 23.9. The Morgan fingerprint density at radius 1 is 1.09 bits per heavy atom. The maximum atomic E-state index is 12.9. The van der Waals surface area contributed by atoms with E-state index in [1.807, 2.05) is 0 Å². The summed E-state index contributed by atoms with van der Waals surface area (Å²) in [7, 11) is -4.24. The first-order valence-electron chi connectivity index (χ1n) is 11.1. The molecule has 178 valence electrons. The Kier molecular flexibility index (Phi) is 6.93. The quantitative estimate of drug-likeness (QED) is 0.642. The van der Waals surface area contributed by atoms with Crippen molar-refractivity contribution in [2.75, 3.05) is 36.9 Å². The van der Waals surface area contributed by atoms with Crippen molar-refractivity contribution >= 4 is 32.3 Å². The molecule has 1 atom stereocenters. The van der Waals surface area contributed by atoms with E-state index in [0.29, 0.717) is 29.2 Å². The van der Waals surface area contributed by atoms with Gasteiger partial charge in [-0.15, -0.1) is 0 Å². The number of carbonyl (C=O) groups is 1. The maximum absolute atomic E-state index is 12.9. The molecule has 2 aromatic rings. The van der Waals surface area contributed by atoms with Crippen molar-refractivity contribution in [1.82, 2.24) is 4.90 Å². The van der Waals surface area contributed by atoms with Gasteiger partial charge in [0.1, 0.15) is 11.4 Å². The molecule has 0 aliphatic carbocycles. The molecular formula is C24H30N2O5S2. The lowest BCUT2D eigenvalue weighted by Gasteiger charge is -2.44. The first-order valence-corrected chi connectivity index (χ1v) is 14.7. The van der Waals surface area contributed by atoms with Gasteiger partial charge in [-0.3, -0.25) is 13.7 Å². The largest absolute Gasteiger partial charge is 0.486 e. The number of ketones is 1. The minimum atomic E-state index is -3.41. The van der Waals surface area contributed by atoms with Crippen molar-refractivity contribution < 1.29 is 22.2 Å². The summed E-state index contributed by atoms with van der Waals surface area (Å²) in [6, 6.07) is 13.2. The zero-order chi connectivity index (χ0) is 23.6. The Hall–Kier alpha value is -2.23. The van der Waals surface area contributed by atoms with Gasteiger partial charge in [-0.1, -0.05) is 24.3 Å². The molecule has 9 heteroatoms. The molecule has 2 aliphatic rings. The van der Waals surface area contributed by atoms with E-state index in [-0.39, 0.29) is 5.78 Å². The van der Waals surface area contributed by atoms with Crippen LogP contribution in [0.15, 0.2) is 42.5 Å². The number of likely N-dealkylation sites (tertiary alicyclic amines) is 1. The van der Waals surface area contributed by atoms with Crippen LogP contribution < -0.4 is 9.46 Å². The molecular weight excluding hydrogens is 460 g/mol. The summed E-state index contributed by atoms with van der Waals surface area (Å²) in [5.41, 5.74) is 2.68. The fraction of sp³-hybridized carbons (Fsp3) is 0.458. The lowest BCUT2D eigenvalue weighted by molar-refractivity contribution is -0.00865. The zero-order valence-electron chi connectivity index (χ0n) is 19.0. The van der Waals surface area contributed by atoms with Gasteiger partial charge < -0.3 is 9.64 Å². The minimum Gasteiger partial charge on any atom is -0.486 e. The summed E-state index contributed by atoms with van der Waals surface area (Å²) >= 11 is 0. The highest BCUT2D eigenvalue weighted by atomic mass is 32.2. The first-order chi connectivity index (χ1) is 15.6. The van der Waals surface area contributed by atoms with Crippen LogP contribution in [0.4, 0.5) is 5.69 Å². The molecule has 1 spiro atoms. The molecule has 4 rings (SSSR count). The Morgan fingerprint density at radius 2 is 1.76 bits per heavy atom. The second-order valence-corrected chi connectivity index (χ2v) is 12.3. The molecule has 33 heavy (non-hydrogen) atoms. The van der Waals surface area contributed by atoms with E-state index in [1.165, 1.54) is 5.56 Å². The van der Waals surface area contributed by atoms with Crippen LogP contribution in [0.2, 0.25) is 0 Å². The highest BCUT2D eigenvalue weighted by molar-refractivity contribution is 7.92. The summed E-state index contributed by atoms with van der Waals surface area (Å²) in [5.74, 6) is 1.12. The second kappa shape index (κ2) is 9.56. The van der Waals surface area contributed by atoms with Gasteiger partial charge in [0.15, 0.2) is 5.78 Å². The third kappa shape index (κ3) is 6.22. The van der Waals surface area contributed by atoms with Crippen LogP contribution in [0.25, 0.3) is 0 Å². The third-order valence-electron chi connectivity index (χ3n) is 6.27. The summed E-state index contributed by atoms with van der Waals surface area (Å²) in [4.78, 5) is 15.3. The van der Waals surface area contributed by atoms with Crippen molar-refractivity contribution in [3.63, 3.8) is 0 Å². The van der Waals surface area contributed by atoms with Crippen molar-refractivity contribution in [3.05, 3.63) is 59.2 Å². The van der Waals surface area contributed by atoms with Gasteiger partial charge in [0.25, 0.3) is 0 Å². The second-order valence-electron chi connectivity index (χ2n) is 9.10. The van der Waals surface area contributed by atoms with Crippen LogP contribution in [0.5, 0.6) is 5.75 Å². The van der Waals surface area contributed by atoms with Crippen molar-refractivity contribution in [3.8, 4) is 5.75 Å². The van der Waals surface area contributed by atoms with Crippen LogP contribution in [0.3, 0.4) is 0 Å². The van der Waals surface area contributed by atoms with E-state index >= 15 is 0 Å². The number of Topliss-reactive ketones (excluding diaryl/α,β-unsaturated/α-hetero) is 1. The molecule has 1 N–H and O–H groups in total. The highest BCUT2D eigenvalue weighted by Crippen LogP contribution is 2.40. The molecule has 0 radical (unpaired) electrons. The number of carbonyl (C=O) groups excluding carboxylic acids is 1. The fourth-order valence-corrected chi connectivity index (χ4v) is 5.78. The molecule has 0 aromatic heterocycles. The Morgan fingerprint density at radius 3 is 2.39 bits per heavy atom. The van der Waals surface area contributed by atoms with Crippen LogP contribution >= 0.6 is 0 Å². The van der Waals surface area contributed by atoms with Gasteiger partial charge in [0.05, 0.1) is 18.2 Å². The van der Waals surface area contributed by atoms with E-state index in [0.717, 1.165) is 50.7 Å². The number of piperidine rings is 1. The number of benzene rings is 2. The number of anilines is 1. The van der Waals surface area contributed by atoms with Crippen LogP contribution in [0, 0.1) is 0 Å². The number of nitrogens with one attached hydrogen (secondary N) is 1. The van der Waals surface area contributed by atoms with E-state index < -0.39 is 26.4 Å². The van der Waals surface area contributed by atoms with Crippen molar-refractivity contribution in [2.24, 2.45) is 0 Å². The van der Waals surface area contributed by atoms with Gasteiger partial charge in [-0.05, 0) is 35.7 Å². The molecule has 0 saturated carbocycles. The average molecular weight is 491 g/mol. The molecule has 1 unspecified atom stereocenters. The predicted molar refractivity (Wildman–Crippen MR) is 131 cm³/mol. The smallest absolute Gasteiger partial charge is 0.229 e. The Labute approximate surface area is 198 Å². The van der Waals surface area contributed by atoms with Crippen molar-refractivity contribution in [2.45, 2.75) is 37.0 Å². The summed E-state index contributed by atoms with van der Waals surface area (Å²) < 4.78 is 43.0. The Bertz CT molecular complexity index is 1150. The van der Waals surface area contributed by atoms with E-state index in [1.54, 1.807) is 24.5 Å². The normalized spacial score (nSPS) is 19.0. The molecule has 2 aliphatic heterocycles. The van der Waals surface area contributed by atoms with E-state index in [9.17, 15) is 17.4 Å². The van der Waals surface area contributed by atoms with Gasteiger partial charge in [0, 0.05) is 61.0 Å². The SMILES string of the molecule is CS(=O)Cc1ccc(CCN2CCC3(CC2)CC(=O)c2cc(NS(C)(=O)=O)ccc2O3)cc1. The highest BCUT2D eigenvalue weighted by Gasteiger charge is 2.42. The lowest BCUT2D eigenvalue weighted by Crippen LogP contribution is -2.51. The fourth-order valence-electron chi connectivity index (χ4n) is 4.56. The minimum absolute atomic E-state index is 0.00468. The van der Waals surface area contributed by atoms with Crippen LogP contribution in [-0.4, -0.2) is 61.1 Å². The van der Waals surface area contributed by atoms with Gasteiger partial charge in [-0.2, -0.15) is 0 Å². The average Bonchev–Trinajstić information content (AvgIpc) is 2.74. The standard InChI is InChI=1S/C24H30N2O5S2/c1-32(28)17-19-5-3-18(4-6-19)9-12-26-13-10-24(11-14-26)16-22(27)21-15-20(25-33(2,29)30)7-8-23(21)31-24/h3-8,15,25H,9-14,16-17H2,1-2H3. The third-order valence-corrected chi connectivity index (χ3v) is 7.62. The molecule has 2 aromatic carbocycles. The monoisotopic (exact) mass is 490 g/mol. The Balaban J connectivity index is 1.33. The maximum Gasteiger partial charge on any atom is 0.229 e. The number of fused-ring (bicyclic) bond motifs is 1. The van der Waals surface area contributed by atoms with E-state index in [2.05, 4.69) is 33.9 Å². The summed E-state index contributed by atoms with van der Waals surface area (Å²) in [6.45, 7) is 2.67. The van der Waals surface area contributed by atoms with Gasteiger partial charge >= 0.3 is 0 Å². The lowest BCUT2D eigenvalue weighted by atomic mass is 9.82. The van der Waals surface area contributed by atoms with Gasteiger partial charge in [0.2, 0.25) is 10.0 Å². The number of hydrogen-bond donors (Lipinski definition) is 1. The number of hydrogen-bond acceptors (Lipinski definition) is 6.